The Labute approximate surface area is 109 Å². The molecule has 2 rings (SSSR count). The Morgan fingerprint density at radius 2 is 2.17 bits per heavy atom. The highest BCUT2D eigenvalue weighted by Gasteiger charge is 2.42. The van der Waals surface area contributed by atoms with Crippen molar-refractivity contribution in [1.82, 2.24) is 15.3 Å². The van der Waals surface area contributed by atoms with Crippen LogP contribution >= 0.6 is 0 Å². The molecular formula is C14H23N3O. The van der Waals surface area contributed by atoms with Crippen LogP contribution < -0.4 is 5.32 Å². The summed E-state index contributed by atoms with van der Waals surface area (Å²) < 4.78 is 5.65. The zero-order chi connectivity index (χ0) is 13.2. The van der Waals surface area contributed by atoms with Gasteiger partial charge < -0.3 is 10.1 Å². The lowest BCUT2D eigenvalue weighted by molar-refractivity contribution is -0.0848. The van der Waals surface area contributed by atoms with Gasteiger partial charge in [-0.15, -0.1) is 0 Å². The predicted molar refractivity (Wildman–Crippen MR) is 71.4 cm³/mol. The molecule has 0 aliphatic heterocycles. The van der Waals surface area contributed by atoms with Crippen LogP contribution in [0.3, 0.4) is 0 Å². The van der Waals surface area contributed by atoms with E-state index in [1.807, 2.05) is 13.2 Å². The van der Waals surface area contributed by atoms with Gasteiger partial charge in [-0.3, -0.25) is 0 Å². The molecule has 4 heteroatoms. The van der Waals surface area contributed by atoms with Crippen molar-refractivity contribution >= 4 is 0 Å². The average molecular weight is 249 g/mol. The lowest BCUT2D eigenvalue weighted by Gasteiger charge is -2.39. The first-order chi connectivity index (χ1) is 8.63. The molecule has 1 aliphatic carbocycles. The van der Waals surface area contributed by atoms with Crippen molar-refractivity contribution in [3.05, 3.63) is 23.3 Å². The molecule has 4 nitrogen and oxygen atoms in total. The van der Waals surface area contributed by atoms with Crippen LogP contribution in [-0.2, 0) is 16.9 Å². The molecular weight excluding hydrogens is 226 g/mol. The minimum Gasteiger partial charge on any atom is -0.370 e. The monoisotopic (exact) mass is 249 g/mol. The van der Waals surface area contributed by atoms with Crippen LogP contribution in [0, 0.1) is 0 Å². The van der Waals surface area contributed by atoms with Gasteiger partial charge in [0.05, 0.1) is 5.69 Å². The third-order valence-electron chi connectivity index (χ3n) is 3.77. The van der Waals surface area contributed by atoms with Gasteiger partial charge in [0, 0.05) is 25.4 Å². The van der Waals surface area contributed by atoms with Crippen LogP contribution in [0.5, 0.6) is 0 Å². The average Bonchev–Trinajstić information content (AvgIpc) is 2.30. The summed E-state index contributed by atoms with van der Waals surface area (Å²) in [4.78, 5) is 9.31. The van der Waals surface area contributed by atoms with Crippen LogP contribution in [0.25, 0.3) is 0 Å². The van der Waals surface area contributed by atoms with E-state index in [1.165, 1.54) is 12.0 Å². The molecule has 1 aromatic heterocycles. The van der Waals surface area contributed by atoms with Crippen molar-refractivity contribution in [2.45, 2.75) is 51.2 Å². The highest BCUT2D eigenvalue weighted by atomic mass is 16.5. The van der Waals surface area contributed by atoms with E-state index in [1.54, 1.807) is 7.11 Å². The summed E-state index contributed by atoms with van der Waals surface area (Å²) in [5.74, 6) is 1.27. The van der Waals surface area contributed by atoms with Gasteiger partial charge in [-0.25, -0.2) is 9.97 Å². The molecule has 0 unspecified atom stereocenters. The van der Waals surface area contributed by atoms with Gasteiger partial charge in [0.1, 0.15) is 5.60 Å². The van der Waals surface area contributed by atoms with Crippen molar-refractivity contribution < 1.29 is 4.74 Å². The molecule has 0 radical (unpaired) electrons. The Hall–Kier alpha value is -1.00. The number of methoxy groups -OCH3 is 1. The molecule has 1 aliphatic rings. The maximum atomic E-state index is 5.65. The number of ether oxygens (including phenoxy) is 1. The quantitative estimate of drug-likeness (QED) is 0.870. The van der Waals surface area contributed by atoms with E-state index in [9.17, 15) is 0 Å². The number of aromatic nitrogens is 2. The van der Waals surface area contributed by atoms with Crippen LogP contribution in [0.4, 0.5) is 0 Å². The van der Waals surface area contributed by atoms with Gasteiger partial charge in [0.2, 0.25) is 0 Å². The highest BCUT2D eigenvalue weighted by Crippen LogP contribution is 2.42. The number of hydrogen-bond donors (Lipinski definition) is 1. The highest BCUT2D eigenvalue weighted by molar-refractivity contribution is 5.23. The fourth-order valence-electron chi connectivity index (χ4n) is 2.48. The Bertz CT molecular complexity index is 408. The van der Waals surface area contributed by atoms with Crippen LogP contribution in [0.1, 0.15) is 56.1 Å². The van der Waals surface area contributed by atoms with Gasteiger partial charge in [-0.2, -0.15) is 0 Å². The van der Waals surface area contributed by atoms with E-state index in [0.29, 0.717) is 5.92 Å². The summed E-state index contributed by atoms with van der Waals surface area (Å²) in [5.41, 5.74) is 2.10. The minimum atomic E-state index is -0.220. The molecule has 1 saturated carbocycles. The fourth-order valence-corrected chi connectivity index (χ4v) is 2.48. The summed E-state index contributed by atoms with van der Waals surface area (Å²) in [6.45, 7) is 5.16. The van der Waals surface area contributed by atoms with E-state index >= 15 is 0 Å². The third-order valence-corrected chi connectivity index (χ3v) is 3.77. The largest absolute Gasteiger partial charge is 0.370 e. The zero-order valence-corrected chi connectivity index (χ0v) is 11.8. The summed E-state index contributed by atoms with van der Waals surface area (Å²) >= 11 is 0. The SMILES string of the molecule is CNCc1cnc(C2(OC)CCC2)nc1C(C)C. The van der Waals surface area contributed by atoms with Crippen molar-refractivity contribution in [3.63, 3.8) is 0 Å². The Balaban J connectivity index is 2.36. The van der Waals surface area contributed by atoms with Crippen LogP contribution in [0.2, 0.25) is 0 Å². The summed E-state index contributed by atoms with van der Waals surface area (Å²) in [7, 11) is 3.71. The minimum absolute atomic E-state index is 0.220. The molecule has 1 N–H and O–H groups in total. The maximum Gasteiger partial charge on any atom is 0.160 e. The van der Waals surface area contributed by atoms with Crippen molar-refractivity contribution in [2.24, 2.45) is 0 Å². The molecule has 18 heavy (non-hydrogen) atoms. The van der Waals surface area contributed by atoms with Gasteiger partial charge in [0.25, 0.3) is 0 Å². The molecule has 0 saturated heterocycles. The van der Waals surface area contributed by atoms with Gasteiger partial charge >= 0.3 is 0 Å². The van der Waals surface area contributed by atoms with E-state index in [0.717, 1.165) is 30.9 Å². The molecule has 1 aromatic rings. The molecule has 100 valence electrons. The Kier molecular flexibility index (Phi) is 3.97. The van der Waals surface area contributed by atoms with Crippen molar-refractivity contribution in [1.29, 1.82) is 0 Å². The molecule has 0 amide bonds. The first-order valence-corrected chi connectivity index (χ1v) is 6.69. The second-order valence-electron chi connectivity index (χ2n) is 5.34. The smallest absolute Gasteiger partial charge is 0.160 e. The van der Waals surface area contributed by atoms with E-state index < -0.39 is 0 Å². The maximum absolute atomic E-state index is 5.65. The van der Waals surface area contributed by atoms with Crippen LogP contribution in [-0.4, -0.2) is 24.1 Å². The molecule has 0 bridgehead atoms. The van der Waals surface area contributed by atoms with Gasteiger partial charge in [-0.05, 0) is 32.2 Å². The lowest BCUT2D eigenvalue weighted by Crippen LogP contribution is -2.38. The molecule has 1 fully saturated rings. The number of nitrogens with one attached hydrogen (secondary N) is 1. The Morgan fingerprint density at radius 3 is 2.61 bits per heavy atom. The second kappa shape index (κ2) is 5.33. The van der Waals surface area contributed by atoms with E-state index in [-0.39, 0.29) is 5.60 Å². The molecule has 0 aromatic carbocycles. The zero-order valence-electron chi connectivity index (χ0n) is 11.8. The molecule has 1 heterocycles. The summed E-state index contributed by atoms with van der Waals surface area (Å²) in [5, 5.41) is 3.17. The van der Waals surface area contributed by atoms with Crippen molar-refractivity contribution in [3.8, 4) is 0 Å². The molecule has 0 spiro atoms. The first kappa shape index (κ1) is 13.4. The predicted octanol–water partition coefficient (Wildman–Crippen LogP) is 2.35. The Morgan fingerprint density at radius 1 is 1.44 bits per heavy atom. The van der Waals surface area contributed by atoms with Crippen molar-refractivity contribution in [2.75, 3.05) is 14.2 Å². The van der Waals surface area contributed by atoms with Gasteiger partial charge in [0.15, 0.2) is 5.82 Å². The summed E-state index contributed by atoms with van der Waals surface area (Å²) in [6.07, 6.45) is 5.22. The lowest BCUT2D eigenvalue weighted by atomic mass is 9.79. The number of nitrogens with zero attached hydrogens (tertiary/aromatic N) is 2. The first-order valence-electron chi connectivity index (χ1n) is 6.69. The normalized spacial score (nSPS) is 17.8. The molecule has 0 atom stereocenters. The van der Waals surface area contributed by atoms with E-state index in [2.05, 4.69) is 24.1 Å². The number of rotatable bonds is 5. The van der Waals surface area contributed by atoms with Crippen LogP contribution in [0.15, 0.2) is 6.20 Å². The topological polar surface area (TPSA) is 47.0 Å². The number of hydrogen-bond acceptors (Lipinski definition) is 4. The van der Waals surface area contributed by atoms with Gasteiger partial charge in [-0.1, -0.05) is 13.8 Å². The summed E-state index contributed by atoms with van der Waals surface area (Å²) in [6, 6.07) is 0. The standard InChI is InChI=1S/C14H23N3O/c1-10(2)12-11(8-15-3)9-16-13(17-12)14(18-4)6-5-7-14/h9-10,15H,5-8H2,1-4H3. The third kappa shape index (κ3) is 2.27. The van der Waals surface area contributed by atoms with E-state index in [4.69, 9.17) is 9.72 Å². The second-order valence-corrected chi connectivity index (χ2v) is 5.34. The fraction of sp³-hybridized carbons (Fsp3) is 0.714.